The maximum absolute atomic E-state index is 11.3. The van der Waals surface area contributed by atoms with Gasteiger partial charge in [-0.3, -0.25) is 4.79 Å². The minimum Gasteiger partial charge on any atom is -0.462 e. The van der Waals surface area contributed by atoms with Gasteiger partial charge in [-0.2, -0.15) is 0 Å². The van der Waals surface area contributed by atoms with Crippen LogP contribution in [0.1, 0.15) is 34.7 Å². The Labute approximate surface area is 82.3 Å². The molecule has 1 heterocycles. The highest BCUT2D eigenvalue weighted by molar-refractivity contribution is 5.91. The first-order valence-electron chi connectivity index (χ1n) is 4.44. The Hall–Kier alpha value is -1.58. The third-order valence-electron chi connectivity index (χ3n) is 1.62. The van der Waals surface area contributed by atoms with E-state index in [-0.39, 0.29) is 0 Å². The van der Waals surface area contributed by atoms with Crippen LogP contribution in [0.2, 0.25) is 0 Å². The average molecular weight is 195 g/mol. The maximum Gasteiger partial charge on any atom is 0.339 e. The zero-order valence-electron chi connectivity index (χ0n) is 8.24. The molecule has 0 aliphatic carbocycles. The van der Waals surface area contributed by atoms with Gasteiger partial charge in [0.1, 0.15) is 0 Å². The molecule has 0 bridgehead atoms. The topological polar surface area (TPSA) is 59.2 Å². The molecule has 0 saturated carbocycles. The van der Waals surface area contributed by atoms with E-state index in [0.29, 0.717) is 30.1 Å². The molecule has 0 unspecified atom stereocenters. The van der Waals surface area contributed by atoms with Crippen molar-refractivity contribution >= 4 is 12.3 Å². The molecule has 0 aromatic carbocycles. The van der Waals surface area contributed by atoms with Crippen LogP contribution in [0, 0.1) is 5.92 Å². The molecule has 14 heavy (non-hydrogen) atoms. The van der Waals surface area contributed by atoms with Gasteiger partial charge in [0.2, 0.25) is 0 Å². The Balaban J connectivity index is 2.56. The molecule has 0 fully saturated rings. The first-order valence-corrected chi connectivity index (χ1v) is 4.44. The third kappa shape index (κ3) is 2.73. The molecule has 4 heteroatoms. The van der Waals surface area contributed by atoms with Gasteiger partial charge in [-0.05, 0) is 12.0 Å². The van der Waals surface area contributed by atoms with E-state index in [2.05, 4.69) is 4.98 Å². The highest BCUT2D eigenvalue weighted by Crippen LogP contribution is 2.04. The van der Waals surface area contributed by atoms with Crippen LogP contribution in [0.3, 0.4) is 0 Å². The summed E-state index contributed by atoms with van der Waals surface area (Å²) in [6.07, 6.45) is 2.12. The predicted molar refractivity (Wildman–Crippen MR) is 51.3 cm³/mol. The van der Waals surface area contributed by atoms with E-state index in [1.165, 1.54) is 12.3 Å². The van der Waals surface area contributed by atoms with Crippen LogP contribution in [-0.4, -0.2) is 23.8 Å². The highest BCUT2D eigenvalue weighted by atomic mass is 16.5. The summed E-state index contributed by atoms with van der Waals surface area (Å²) in [6.45, 7) is 4.31. The second kappa shape index (κ2) is 4.60. The second-order valence-corrected chi connectivity index (χ2v) is 3.45. The molecule has 0 saturated heterocycles. The number of rotatable bonds is 4. The number of carbonyl (C=O) groups excluding carboxylic acids is 2. The standard InChI is InChI=1S/C10H13NO3/c1-7(2)6-14-10(13)8-3-9(5-12)11-4-8/h3-5,7,11H,6H2,1-2H3. The molecule has 0 aliphatic rings. The molecular weight excluding hydrogens is 182 g/mol. The first-order chi connectivity index (χ1) is 6.63. The summed E-state index contributed by atoms with van der Waals surface area (Å²) in [5, 5.41) is 0. The number of aldehydes is 1. The van der Waals surface area contributed by atoms with Crippen LogP contribution in [-0.2, 0) is 4.74 Å². The van der Waals surface area contributed by atoms with Gasteiger partial charge in [-0.15, -0.1) is 0 Å². The fraction of sp³-hybridized carbons (Fsp3) is 0.400. The molecule has 0 radical (unpaired) electrons. The summed E-state index contributed by atoms with van der Waals surface area (Å²) in [7, 11) is 0. The number of hydrogen-bond donors (Lipinski definition) is 1. The van der Waals surface area contributed by atoms with Gasteiger partial charge in [0.05, 0.1) is 17.9 Å². The minimum atomic E-state index is -0.400. The fourth-order valence-electron chi connectivity index (χ4n) is 0.924. The summed E-state index contributed by atoms with van der Waals surface area (Å²) >= 11 is 0. The number of nitrogens with one attached hydrogen (secondary N) is 1. The zero-order chi connectivity index (χ0) is 10.6. The Morgan fingerprint density at radius 1 is 1.64 bits per heavy atom. The van der Waals surface area contributed by atoms with Crippen molar-refractivity contribution in [1.29, 1.82) is 0 Å². The molecule has 0 spiro atoms. The molecule has 0 atom stereocenters. The number of esters is 1. The smallest absolute Gasteiger partial charge is 0.339 e. The largest absolute Gasteiger partial charge is 0.462 e. The van der Waals surface area contributed by atoms with Crippen LogP contribution in [0.5, 0.6) is 0 Å². The molecular formula is C10H13NO3. The number of aromatic nitrogens is 1. The van der Waals surface area contributed by atoms with E-state index in [1.54, 1.807) is 0 Å². The minimum absolute atomic E-state index is 0.309. The van der Waals surface area contributed by atoms with Crippen LogP contribution in [0.15, 0.2) is 12.3 Å². The van der Waals surface area contributed by atoms with Gasteiger partial charge >= 0.3 is 5.97 Å². The molecule has 76 valence electrons. The van der Waals surface area contributed by atoms with E-state index in [4.69, 9.17) is 4.74 Å². The molecule has 1 N–H and O–H groups in total. The van der Waals surface area contributed by atoms with Gasteiger partial charge in [-0.1, -0.05) is 13.8 Å². The number of hydrogen-bond acceptors (Lipinski definition) is 3. The van der Waals surface area contributed by atoms with Crippen molar-refractivity contribution in [3.05, 3.63) is 23.5 Å². The third-order valence-corrected chi connectivity index (χ3v) is 1.62. The van der Waals surface area contributed by atoms with E-state index >= 15 is 0 Å². The Bertz CT molecular complexity index is 328. The number of carbonyl (C=O) groups is 2. The van der Waals surface area contributed by atoms with Gasteiger partial charge < -0.3 is 9.72 Å². The van der Waals surface area contributed by atoms with E-state index < -0.39 is 5.97 Å². The quantitative estimate of drug-likeness (QED) is 0.587. The van der Waals surface area contributed by atoms with Gasteiger partial charge in [0.25, 0.3) is 0 Å². The van der Waals surface area contributed by atoms with Crippen LogP contribution < -0.4 is 0 Å². The number of aromatic amines is 1. The lowest BCUT2D eigenvalue weighted by Crippen LogP contribution is -2.09. The molecule has 1 aromatic heterocycles. The summed E-state index contributed by atoms with van der Waals surface area (Å²) < 4.78 is 4.97. The summed E-state index contributed by atoms with van der Waals surface area (Å²) in [4.78, 5) is 24.3. The summed E-state index contributed by atoms with van der Waals surface area (Å²) in [6, 6.07) is 1.47. The van der Waals surface area contributed by atoms with Crippen molar-refractivity contribution in [1.82, 2.24) is 4.98 Å². The Kier molecular flexibility index (Phi) is 3.45. The highest BCUT2D eigenvalue weighted by Gasteiger charge is 2.09. The maximum atomic E-state index is 11.3. The SMILES string of the molecule is CC(C)COC(=O)c1c[nH]c(C=O)c1. The van der Waals surface area contributed by atoms with Crippen molar-refractivity contribution in [2.45, 2.75) is 13.8 Å². The molecule has 0 amide bonds. The van der Waals surface area contributed by atoms with E-state index in [9.17, 15) is 9.59 Å². The van der Waals surface area contributed by atoms with Crippen LogP contribution in [0.25, 0.3) is 0 Å². The van der Waals surface area contributed by atoms with Gasteiger partial charge in [0.15, 0.2) is 6.29 Å². The van der Waals surface area contributed by atoms with Crippen molar-refractivity contribution in [2.24, 2.45) is 5.92 Å². The van der Waals surface area contributed by atoms with Crippen molar-refractivity contribution in [3.63, 3.8) is 0 Å². The number of ether oxygens (including phenoxy) is 1. The van der Waals surface area contributed by atoms with Crippen molar-refractivity contribution in [3.8, 4) is 0 Å². The Morgan fingerprint density at radius 3 is 2.86 bits per heavy atom. The predicted octanol–water partition coefficient (Wildman–Crippen LogP) is 1.64. The fourth-order valence-corrected chi connectivity index (χ4v) is 0.924. The molecule has 1 aromatic rings. The summed E-state index contributed by atoms with van der Waals surface area (Å²) in [5.74, 6) is -0.0912. The van der Waals surface area contributed by atoms with Crippen molar-refractivity contribution in [2.75, 3.05) is 6.61 Å². The van der Waals surface area contributed by atoms with Gasteiger partial charge in [0, 0.05) is 6.20 Å². The second-order valence-electron chi connectivity index (χ2n) is 3.45. The van der Waals surface area contributed by atoms with Crippen molar-refractivity contribution < 1.29 is 14.3 Å². The van der Waals surface area contributed by atoms with E-state index in [1.807, 2.05) is 13.8 Å². The molecule has 0 aliphatic heterocycles. The lowest BCUT2D eigenvalue weighted by molar-refractivity contribution is 0.0459. The van der Waals surface area contributed by atoms with Crippen LogP contribution >= 0.6 is 0 Å². The normalized spacial score (nSPS) is 10.2. The van der Waals surface area contributed by atoms with E-state index in [0.717, 1.165) is 0 Å². The zero-order valence-corrected chi connectivity index (χ0v) is 8.24. The van der Waals surface area contributed by atoms with Crippen LogP contribution in [0.4, 0.5) is 0 Å². The Morgan fingerprint density at radius 2 is 2.36 bits per heavy atom. The monoisotopic (exact) mass is 195 g/mol. The average Bonchev–Trinajstić information content (AvgIpc) is 2.62. The van der Waals surface area contributed by atoms with Gasteiger partial charge in [-0.25, -0.2) is 4.79 Å². The molecule has 1 rings (SSSR count). The lowest BCUT2D eigenvalue weighted by Gasteiger charge is -2.04. The summed E-state index contributed by atoms with van der Waals surface area (Å²) in [5.41, 5.74) is 0.759. The number of H-pyrrole nitrogens is 1. The lowest BCUT2D eigenvalue weighted by atomic mass is 10.2. The molecule has 4 nitrogen and oxygen atoms in total. The first kappa shape index (κ1) is 10.5.